The van der Waals surface area contributed by atoms with Crippen molar-refractivity contribution in [1.29, 1.82) is 0 Å². The van der Waals surface area contributed by atoms with Gasteiger partial charge in [-0.15, -0.1) is 10.2 Å². The second kappa shape index (κ2) is 7.64. The van der Waals surface area contributed by atoms with Crippen LogP contribution in [0.4, 0.5) is 5.13 Å². The Bertz CT molecular complexity index is 1070. The molecule has 0 saturated heterocycles. The molecule has 0 radical (unpaired) electrons. The third-order valence-corrected chi connectivity index (χ3v) is 5.67. The molecule has 0 saturated carbocycles. The first-order valence-corrected chi connectivity index (χ1v) is 9.81. The highest BCUT2D eigenvalue weighted by Crippen LogP contribution is 2.29. The molecule has 0 amide bonds. The van der Waals surface area contributed by atoms with Gasteiger partial charge in [0.2, 0.25) is 5.13 Å². The van der Waals surface area contributed by atoms with E-state index in [4.69, 9.17) is 17.3 Å². The van der Waals surface area contributed by atoms with E-state index in [9.17, 15) is 0 Å². The number of aromatic nitrogens is 4. The molecule has 0 fully saturated rings. The summed E-state index contributed by atoms with van der Waals surface area (Å²) in [4.78, 5) is 0. The Morgan fingerprint density at radius 2 is 2.07 bits per heavy atom. The number of benzene rings is 2. The number of nitrogens with zero attached hydrogens (tertiary/aromatic N) is 3. The van der Waals surface area contributed by atoms with Gasteiger partial charge < -0.3 is 11.1 Å². The van der Waals surface area contributed by atoms with Crippen molar-refractivity contribution in [2.75, 3.05) is 11.9 Å². The molecule has 2 aromatic carbocycles. The van der Waals surface area contributed by atoms with Gasteiger partial charge in [0.05, 0.1) is 5.52 Å². The minimum atomic E-state index is -0.0674. The standard InChI is InChI=1S/C19H19ClN6S/c1-11-15-9-13(6-7-17(15)24-23-11)18-25-26-19(27-18)22-10-14(21)8-12-4-2-3-5-16(12)20/h2-7,9,14H,8,10,21H2,1H3,(H,22,26)(H,23,24)/t14-/m0/s1. The van der Waals surface area contributed by atoms with E-state index >= 15 is 0 Å². The molecule has 27 heavy (non-hydrogen) atoms. The molecule has 0 bridgehead atoms. The van der Waals surface area contributed by atoms with Gasteiger partial charge in [0.15, 0.2) is 0 Å². The molecule has 0 spiro atoms. The first-order valence-electron chi connectivity index (χ1n) is 8.61. The fraction of sp³-hybridized carbons (Fsp3) is 0.211. The van der Waals surface area contributed by atoms with Gasteiger partial charge in [-0.2, -0.15) is 5.10 Å². The lowest BCUT2D eigenvalue weighted by molar-refractivity contribution is 0.698. The largest absolute Gasteiger partial charge is 0.359 e. The first kappa shape index (κ1) is 17.9. The van der Waals surface area contributed by atoms with Crippen LogP contribution in [-0.4, -0.2) is 33.0 Å². The molecule has 0 unspecified atom stereocenters. The van der Waals surface area contributed by atoms with Crippen LogP contribution in [0, 0.1) is 6.92 Å². The van der Waals surface area contributed by atoms with Crippen molar-refractivity contribution in [3.63, 3.8) is 0 Å². The van der Waals surface area contributed by atoms with Crippen molar-refractivity contribution in [2.45, 2.75) is 19.4 Å². The van der Waals surface area contributed by atoms with E-state index < -0.39 is 0 Å². The second-order valence-corrected chi connectivity index (χ2v) is 7.81. The molecule has 2 heterocycles. The Morgan fingerprint density at radius 1 is 1.22 bits per heavy atom. The van der Waals surface area contributed by atoms with Gasteiger partial charge in [0.25, 0.3) is 0 Å². The van der Waals surface area contributed by atoms with Crippen molar-refractivity contribution in [1.82, 2.24) is 20.4 Å². The lowest BCUT2D eigenvalue weighted by atomic mass is 10.1. The van der Waals surface area contributed by atoms with Gasteiger partial charge in [-0.05, 0) is 43.2 Å². The Balaban J connectivity index is 1.41. The Morgan fingerprint density at radius 3 is 2.93 bits per heavy atom. The predicted molar refractivity (Wildman–Crippen MR) is 111 cm³/mol. The van der Waals surface area contributed by atoms with Crippen LogP contribution in [0.3, 0.4) is 0 Å². The summed E-state index contributed by atoms with van der Waals surface area (Å²) < 4.78 is 0. The summed E-state index contributed by atoms with van der Waals surface area (Å²) in [6, 6.07) is 13.8. The van der Waals surface area contributed by atoms with Gasteiger partial charge in [-0.25, -0.2) is 0 Å². The van der Waals surface area contributed by atoms with Crippen LogP contribution in [0.25, 0.3) is 21.5 Å². The van der Waals surface area contributed by atoms with Crippen LogP contribution in [0.5, 0.6) is 0 Å². The molecule has 4 N–H and O–H groups in total. The number of rotatable bonds is 6. The summed E-state index contributed by atoms with van der Waals surface area (Å²) in [5.74, 6) is 0. The van der Waals surface area contributed by atoms with Gasteiger partial charge in [-0.3, -0.25) is 5.10 Å². The van der Waals surface area contributed by atoms with E-state index in [0.717, 1.165) is 42.9 Å². The summed E-state index contributed by atoms with van der Waals surface area (Å²) in [6.45, 7) is 2.60. The van der Waals surface area contributed by atoms with E-state index in [1.54, 1.807) is 0 Å². The number of aryl methyl sites for hydroxylation is 1. The van der Waals surface area contributed by atoms with E-state index in [0.29, 0.717) is 13.0 Å². The number of hydrogen-bond donors (Lipinski definition) is 3. The first-order chi connectivity index (χ1) is 13.1. The van der Waals surface area contributed by atoms with Crippen molar-refractivity contribution in [3.8, 4) is 10.6 Å². The van der Waals surface area contributed by atoms with Crippen LogP contribution in [0.1, 0.15) is 11.3 Å². The lowest BCUT2D eigenvalue weighted by Gasteiger charge is -2.12. The third kappa shape index (κ3) is 3.95. The number of aromatic amines is 1. The second-order valence-electron chi connectivity index (χ2n) is 6.43. The topological polar surface area (TPSA) is 92.5 Å². The van der Waals surface area contributed by atoms with Crippen LogP contribution < -0.4 is 11.1 Å². The molecule has 8 heteroatoms. The van der Waals surface area contributed by atoms with Crippen LogP contribution in [0.2, 0.25) is 5.02 Å². The molecule has 138 valence electrons. The summed E-state index contributed by atoms with van der Waals surface area (Å²) in [5.41, 5.74) is 10.3. The minimum absolute atomic E-state index is 0.0674. The molecule has 1 atom stereocenters. The summed E-state index contributed by atoms with van der Waals surface area (Å²) in [7, 11) is 0. The summed E-state index contributed by atoms with van der Waals surface area (Å²) in [6.07, 6.45) is 0.703. The highest BCUT2D eigenvalue weighted by molar-refractivity contribution is 7.18. The van der Waals surface area contributed by atoms with Crippen LogP contribution in [0.15, 0.2) is 42.5 Å². The summed E-state index contributed by atoms with van der Waals surface area (Å²) in [5, 5.41) is 22.5. The van der Waals surface area contributed by atoms with Gasteiger partial charge in [0, 0.05) is 34.3 Å². The number of nitrogens with two attached hydrogens (primary N) is 1. The quantitative estimate of drug-likeness (QED) is 0.456. The monoisotopic (exact) mass is 398 g/mol. The maximum atomic E-state index is 6.23. The third-order valence-electron chi connectivity index (χ3n) is 4.37. The van der Waals surface area contributed by atoms with E-state index in [2.05, 4.69) is 31.8 Å². The molecular formula is C19H19ClN6S. The SMILES string of the molecule is Cc1[nH]nc2ccc(-c3nnc(NC[C@@H](N)Cc4ccccc4Cl)s3)cc12. The zero-order valence-electron chi connectivity index (χ0n) is 14.7. The fourth-order valence-electron chi connectivity index (χ4n) is 2.92. The molecule has 0 aliphatic rings. The van der Waals surface area contributed by atoms with E-state index in [1.165, 1.54) is 11.3 Å². The highest BCUT2D eigenvalue weighted by Gasteiger charge is 2.11. The lowest BCUT2D eigenvalue weighted by Crippen LogP contribution is -2.31. The van der Waals surface area contributed by atoms with Crippen molar-refractivity contribution >= 4 is 39.0 Å². The molecular weight excluding hydrogens is 380 g/mol. The number of fused-ring (bicyclic) bond motifs is 1. The molecule has 4 rings (SSSR count). The van der Waals surface area contributed by atoms with Crippen LogP contribution in [-0.2, 0) is 6.42 Å². The van der Waals surface area contributed by atoms with Crippen molar-refractivity contribution in [3.05, 3.63) is 58.7 Å². The Labute approximate surface area is 165 Å². The zero-order chi connectivity index (χ0) is 18.8. The van der Waals surface area contributed by atoms with Crippen LogP contribution >= 0.6 is 22.9 Å². The minimum Gasteiger partial charge on any atom is -0.359 e. The van der Waals surface area contributed by atoms with E-state index in [1.807, 2.05) is 43.3 Å². The summed E-state index contributed by atoms with van der Waals surface area (Å²) >= 11 is 7.71. The molecule has 0 aliphatic heterocycles. The molecule has 2 aromatic heterocycles. The molecule has 4 aromatic rings. The molecule has 6 nitrogen and oxygen atoms in total. The van der Waals surface area contributed by atoms with Crippen molar-refractivity contribution < 1.29 is 0 Å². The highest BCUT2D eigenvalue weighted by atomic mass is 35.5. The maximum absolute atomic E-state index is 6.23. The predicted octanol–water partition coefficient (Wildman–Crippen LogP) is 4.03. The Kier molecular flexibility index (Phi) is 5.07. The number of hydrogen-bond acceptors (Lipinski definition) is 6. The zero-order valence-corrected chi connectivity index (χ0v) is 16.3. The Hall–Kier alpha value is -2.48. The maximum Gasteiger partial charge on any atom is 0.206 e. The molecule has 0 aliphatic carbocycles. The number of nitrogens with one attached hydrogen (secondary N) is 2. The normalized spacial score (nSPS) is 12.4. The average Bonchev–Trinajstić information content (AvgIpc) is 3.29. The fourth-order valence-corrected chi connectivity index (χ4v) is 3.88. The van der Waals surface area contributed by atoms with E-state index in [-0.39, 0.29) is 6.04 Å². The number of halogens is 1. The van der Waals surface area contributed by atoms with Crippen molar-refractivity contribution in [2.24, 2.45) is 5.73 Å². The smallest absolute Gasteiger partial charge is 0.206 e. The number of anilines is 1. The average molecular weight is 399 g/mol. The van der Waals surface area contributed by atoms with Gasteiger partial charge >= 0.3 is 0 Å². The van der Waals surface area contributed by atoms with Gasteiger partial charge in [0.1, 0.15) is 5.01 Å². The number of H-pyrrole nitrogens is 1. The van der Waals surface area contributed by atoms with Gasteiger partial charge in [-0.1, -0.05) is 41.1 Å².